The van der Waals surface area contributed by atoms with Crippen molar-refractivity contribution in [2.45, 2.75) is 6.92 Å². The van der Waals surface area contributed by atoms with Crippen molar-refractivity contribution >= 4 is 27.7 Å². The third kappa shape index (κ3) is 3.96. The molecule has 1 aromatic heterocycles. The number of likely N-dealkylation sites (N-methyl/N-ethyl adjacent to an activating group) is 1. The van der Waals surface area contributed by atoms with E-state index < -0.39 is 0 Å². The highest BCUT2D eigenvalue weighted by Crippen LogP contribution is 2.19. The molecule has 0 saturated heterocycles. The fourth-order valence-electron chi connectivity index (χ4n) is 1.45. The Hall–Kier alpha value is -1.14. The summed E-state index contributed by atoms with van der Waals surface area (Å²) >= 11 is 3.33. The van der Waals surface area contributed by atoms with Crippen molar-refractivity contribution < 1.29 is 9.53 Å². The van der Waals surface area contributed by atoms with Gasteiger partial charge in [0.2, 0.25) is 0 Å². The number of amides is 1. The number of halogens is 1. The van der Waals surface area contributed by atoms with Gasteiger partial charge < -0.3 is 15.0 Å². The molecule has 5 nitrogen and oxygen atoms in total. The molecule has 6 heteroatoms. The normalized spacial score (nSPS) is 10.2. The molecule has 18 heavy (non-hydrogen) atoms. The molecule has 0 aromatic carbocycles. The van der Waals surface area contributed by atoms with Crippen LogP contribution in [-0.4, -0.2) is 49.6 Å². The second-order valence-electron chi connectivity index (χ2n) is 3.80. The number of nitrogens with zero attached hydrogens (tertiary/aromatic N) is 2. The minimum Gasteiger partial charge on any atom is -0.383 e. The predicted octanol–water partition coefficient (Wildman–Crippen LogP) is 1.99. The Kier molecular flexibility index (Phi) is 6.07. The molecule has 0 aliphatic rings. The minimum atomic E-state index is -0.0724. The number of pyridine rings is 1. The zero-order valence-electron chi connectivity index (χ0n) is 10.9. The van der Waals surface area contributed by atoms with Gasteiger partial charge in [-0.15, -0.1) is 0 Å². The molecule has 1 heterocycles. The number of aromatic nitrogens is 1. The van der Waals surface area contributed by atoms with Crippen molar-refractivity contribution in [3.63, 3.8) is 0 Å². The summed E-state index contributed by atoms with van der Waals surface area (Å²) in [6.45, 7) is 3.75. The first-order valence-corrected chi connectivity index (χ1v) is 6.53. The number of carbonyl (C=O) groups is 1. The van der Waals surface area contributed by atoms with Crippen LogP contribution in [0.3, 0.4) is 0 Å². The molecule has 0 aliphatic heterocycles. The highest BCUT2D eigenvalue weighted by Gasteiger charge is 2.16. The zero-order valence-corrected chi connectivity index (χ0v) is 12.5. The van der Waals surface area contributed by atoms with Gasteiger partial charge in [0.05, 0.1) is 12.2 Å². The fourth-order valence-corrected chi connectivity index (χ4v) is 1.78. The van der Waals surface area contributed by atoms with Gasteiger partial charge in [-0.3, -0.25) is 4.79 Å². The zero-order chi connectivity index (χ0) is 13.5. The van der Waals surface area contributed by atoms with E-state index >= 15 is 0 Å². The van der Waals surface area contributed by atoms with E-state index in [4.69, 9.17) is 4.74 Å². The Morgan fingerprint density at radius 3 is 2.94 bits per heavy atom. The molecule has 1 aromatic rings. The van der Waals surface area contributed by atoms with Gasteiger partial charge in [-0.1, -0.05) is 0 Å². The average Bonchev–Trinajstić information content (AvgIpc) is 2.37. The summed E-state index contributed by atoms with van der Waals surface area (Å²) in [4.78, 5) is 18.1. The van der Waals surface area contributed by atoms with E-state index in [1.165, 1.54) is 0 Å². The summed E-state index contributed by atoms with van der Waals surface area (Å²) < 4.78 is 5.75. The van der Waals surface area contributed by atoms with E-state index in [-0.39, 0.29) is 5.91 Å². The van der Waals surface area contributed by atoms with E-state index in [9.17, 15) is 4.79 Å². The summed E-state index contributed by atoms with van der Waals surface area (Å²) in [5.41, 5.74) is 0.560. The summed E-state index contributed by atoms with van der Waals surface area (Å²) in [6.07, 6.45) is 1.67. The lowest BCUT2D eigenvalue weighted by Crippen LogP contribution is -2.30. The number of carbonyl (C=O) groups excluding carboxylic acids is 1. The number of hydrogen-bond donors (Lipinski definition) is 1. The van der Waals surface area contributed by atoms with Crippen molar-refractivity contribution in [1.29, 1.82) is 0 Å². The SMILES string of the molecule is CCNc1ncc(Br)cc1C(=O)N(C)CCOC. The van der Waals surface area contributed by atoms with Crippen LogP contribution in [0.2, 0.25) is 0 Å². The third-order valence-electron chi connectivity index (χ3n) is 2.41. The topological polar surface area (TPSA) is 54.5 Å². The standard InChI is InChI=1S/C12H18BrN3O2/c1-4-14-11-10(7-9(13)8-15-11)12(17)16(2)5-6-18-3/h7-8H,4-6H2,1-3H3,(H,14,15). The van der Waals surface area contributed by atoms with Crippen LogP contribution in [0, 0.1) is 0 Å². The molecule has 0 spiro atoms. The maximum Gasteiger partial charge on any atom is 0.257 e. The molecule has 1 amide bonds. The number of hydrogen-bond acceptors (Lipinski definition) is 4. The number of methoxy groups -OCH3 is 1. The molecule has 0 aliphatic carbocycles. The maximum absolute atomic E-state index is 12.3. The summed E-state index contributed by atoms with van der Waals surface area (Å²) in [6, 6.07) is 1.77. The molecule has 100 valence electrons. The molecule has 0 saturated carbocycles. The Morgan fingerprint density at radius 1 is 1.61 bits per heavy atom. The maximum atomic E-state index is 12.3. The molecule has 0 radical (unpaired) electrons. The summed E-state index contributed by atoms with van der Waals surface area (Å²) in [5, 5.41) is 3.08. The van der Waals surface area contributed by atoms with E-state index in [1.54, 1.807) is 31.3 Å². The second kappa shape index (κ2) is 7.33. The molecule has 0 fully saturated rings. The van der Waals surface area contributed by atoms with Gasteiger partial charge in [-0.25, -0.2) is 4.98 Å². The molecule has 0 atom stereocenters. The van der Waals surface area contributed by atoms with Crippen molar-refractivity contribution in [2.24, 2.45) is 0 Å². The number of anilines is 1. The van der Waals surface area contributed by atoms with Gasteiger partial charge in [-0.2, -0.15) is 0 Å². The lowest BCUT2D eigenvalue weighted by atomic mass is 10.2. The molecular formula is C12H18BrN3O2. The van der Waals surface area contributed by atoms with Crippen LogP contribution in [0.1, 0.15) is 17.3 Å². The average molecular weight is 316 g/mol. The first-order valence-electron chi connectivity index (χ1n) is 5.74. The molecule has 1 rings (SSSR count). The van der Waals surface area contributed by atoms with Crippen molar-refractivity contribution in [3.05, 3.63) is 22.3 Å². The van der Waals surface area contributed by atoms with Crippen LogP contribution >= 0.6 is 15.9 Å². The van der Waals surface area contributed by atoms with Crippen LogP contribution in [0.15, 0.2) is 16.7 Å². The quantitative estimate of drug-likeness (QED) is 0.872. The van der Waals surface area contributed by atoms with Gasteiger partial charge in [0.15, 0.2) is 0 Å². The Bertz CT molecular complexity index is 412. The highest BCUT2D eigenvalue weighted by atomic mass is 79.9. The Balaban J connectivity index is 2.91. The van der Waals surface area contributed by atoms with E-state index in [1.807, 2.05) is 6.92 Å². The molecular weight excluding hydrogens is 298 g/mol. The van der Waals surface area contributed by atoms with Crippen LogP contribution in [0.25, 0.3) is 0 Å². The lowest BCUT2D eigenvalue weighted by molar-refractivity contribution is 0.0745. The van der Waals surface area contributed by atoms with E-state index in [0.717, 1.165) is 11.0 Å². The minimum absolute atomic E-state index is 0.0724. The first-order chi connectivity index (χ1) is 8.60. The van der Waals surface area contributed by atoms with Gasteiger partial charge in [0, 0.05) is 37.9 Å². The van der Waals surface area contributed by atoms with Crippen LogP contribution in [0.4, 0.5) is 5.82 Å². The van der Waals surface area contributed by atoms with Crippen LogP contribution in [0.5, 0.6) is 0 Å². The molecule has 0 unspecified atom stereocenters. The van der Waals surface area contributed by atoms with Gasteiger partial charge >= 0.3 is 0 Å². The third-order valence-corrected chi connectivity index (χ3v) is 2.84. The van der Waals surface area contributed by atoms with Gasteiger partial charge in [0.1, 0.15) is 5.82 Å². The summed E-state index contributed by atoms with van der Waals surface area (Å²) in [5.74, 6) is 0.534. The van der Waals surface area contributed by atoms with Crippen molar-refractivity contribution in [1.82, 2.24) is 9.88 Å². The Labute approximate surface area is 116 Å². The van der Waals surface area contributed by atoms with Crippen LogP contribution < -0.4 is 5.32 Å². The van der Waals surface area contributed by atoms with E-state index in [2.05, 4.69) is 26.2 Å². The largest absolute Gasteiger partial charge is 0.383 e. The van der Waals surface area contributed by atoms with Crippen molar-refractivity contribution in [3.8, 4) is 0 Å². The van der Waals surface area contributed by atoms with E-state index in [0.29, 0.717) is 24.5 Å². The number of nitrogens with one attached hydrogen (secondary N) is 1. The lowest BCUT2D eigenvalue weighted by Gasteiger charge is -2.18. The van der Waals surface area contributed by atoms with Crippen molar-refractivity contribution in [2.75, 3.05) is 39.2 Å². The monoisotopic (exact) mass is 315 g/mol. The highest BCUT2D eigenvalue weighted by molar-refractivity contribution is 9.10. The summed E-state index contributed by atoms with van der Waals surface area (Å²) in [7, 11) is 3.36. The van der Waals surface area contributed by atoms with Gasteiger partial charge in [0.25, 0.3) is 5.91 Å². The van der Waals surface area contributed by atoms with Gasteiger partial charge in [-0.05, 0) is 28.9 Å². The second-order valence-corrected chi connectivity index (χ2v) is 4.72. The molecule has 0 bridgehead atoms. The number of ether oxygens (including phenoxy) is 1. The smallest absolute Gasteiger partial charge is 0.257 e. The first kappa shape index (κ1) is 14.9. The van der Waals surface area contributed by atoms with Crippen LogP contribution in [-0.2, 0) is 4.74 Å². The number of rotatable bonds is 6. The predicted molar refractivity (Wildman–Crippen MR) is 74.9 cm³/mol. The molecule has 1 N–H and O–H groups in total. The Morgan fingerprint density at radius 2 is 2.33 bits per heavy atom. The fraction of sp³-hybridized carbons (Fsp3) is 0.500.